The normalized spacial score (nSPS) is 22.6. The van der Waals surface area contributed by atoms with E-state index in [1.807, 2.05) is 57.2 Å². The van der Waals surface area contributed by atoms with E-state index >= 15 is 0 Å². The molecule has 5 rings (SSSR count). The Balaban J connectivity index is 1.29. The van der Waals surface area contributed by atoms with Crippen molar-refractivity contribution in [2.45, 2.75) is 75.9 Å². The van der Waals surface area contributed by atoms with Crippen molar-refractivity contribution in [1.82, 2.24) is 9.80 Å². The van der Waals surface area contributed by atoms with Gasteiger partial charge in [0.25, 0.3) is 0 Å². The van der Waals surface area contributed by atoms with Crippen molar-refractivity contribution in [3.8, 4) is 0 Å². The van der Waals surface area contributed by atoms with Crippen molar-refractivity contribution >= 4 is 18.1 Å². The third-order valence-electron chi connectivity index (χ3n) is 7.95. The van der Waals surface area contributed by atoms with Crippen LogP contribution in [0.1, 0.15) is 69.1 Å². The number of rotatable bonds is 4. The van der Waals surface area contributed by atoms with Gasteiger partial charge in [0.2, 0.25) is 5.91 Å². The van der Waals surface area contributed by atoms with E-state index in [9.17, 15) is 14.4 Å². The highest BCUT2D eigenvalue weighted by Gasteiger charge is 2.48. The van der Waals surface area contributed by atoms with Crippen LogP contribution in [0.25, 0.3) is 0 Å². The lowest BCUT2D eigenvalue weighted by atomic mass is 9.73. The summed E-state index contributed by atoms with van der Waals surface area (Å²) in [5.74, 6) is -0.144. The molecule has 2 unspecified atom stereocenters. The predicted molar refractivity (Wildman–Crippen MR) is 139 cm³/mol. The largest absolute Gasteiger partial charge is 0.447 e. The molecule has 0 radical (unpaired) electrons. The minimum absolute atomic E-state index is 0.0301. The smallest absolute Gasteiger partial charge is 0.416 e. The molecule has 0 saturated carbocycles. The Bertz CT molecular complexity index is 1160. The Kier molecular flexibility index (Phi) is 6.73. The summed E-state index contributed by atoms with van der Waals surface area (Å²) < 4.78 is 10.9. The summed E-state index contributed by atoms with van der Waals surface area (Å²) in [7, 11) is 0. The lowest BCUT2D eigenvalue weighted by Crippen LogP contribution is -2.46. The molecule has 37 heavy (non-hydrogen) atoms. The van der Waals surface area contributed by atoms with Crippen LogP contribution in [0.2, 0.25) is 0 Å². The van der Waals surface area contributed by atoms with Gasteiger partial charge in [0.05, 0.1) is 6.04 Å². The Morgan fingerprint density at radius 3 is 2.41 bits per heavy atom. The fourth-order valence-electron chi connectivity index (χ4n) is 6.24. The van der Waals surface area contributed by atoms with Gasteiger partial charge in [0.1, 0.15) is 12.2 Å². The number of benzene rings is 2. The number of ether oxygens (including phenoxy) is 2. The molecule has 2 aliphatic heterocycles. The molecule has 1 aliphatic carbocycles. The third kappa shape index (κ3) is 5.22. The minimum atomic E-state index is -0.544. The highest BCUT2D eigenvalue weighted by molar-refractivity contribution is 5.94. The second kappa shape index (κ2) is 9.84. The topological polar surface area (TPSA) is 76.2 Å². The summed E-state index contributed by atoms with van der Waals surface area (Å²) in [5, 5.41) is 0. The van der Waals surface area contributed by atoms with E-state index in [-0.39, 0.29) is 42.4 Å². The van der Waals surface area contributed by atoms with Crippen LogP contribution in [0.3, 0.4) is 0 Å². The van der Waals surface area contributed by atoms with Crippen molar-refractivity contribution in [1.29, 1.82) is 0 Å². The molecule has 0 bridgehead atoms. The molecule has 0 aromatic heterocycles. The fraction of sp³-hybridized carbons (Fsp3) is 0.500. The molecule has 7 nitrogen and oxygen atoms in total. The first-order valence-corrected chi connectivity index (χ1v) is 13.3. The van der Waals surface area contributed by atoms with Gasteiger partial charge in [-0.1, -0.05) is 54.6 Å². The Morgan fingerprint density at radius 2 is 1.70 bits per heavy atom. The first kappa shape index (κ1) is 25.3. The number of hydrogen-bond acceptors (Lipinski definition) is 5. The van der Waals surface area contributed by atoms with Crippen LogP contribution >= 0.6 is 0 Å². The molecular formula is C30H36N2O5. The van der Waals surface area contributed by atoms with E-state index in [0.29, 0.717) is 19.5 Å². The van der Waals surface area contributed by atoms with Gasteiger partial charge in [-0.3, -0.25) is 4.79 Å². The summed E-state index contributed by atoms with van der Waals surface area (Å²) >= 11 is 0. The zero-order valence-corrected chi connectivity index (χ0v) is 21.9. The summed E-state index contributed by atoms with van der Waals surface area (Å²) in [6, 6.07) is 18.0. The maximum absolute atomic E-state index is 13.5. The van der Waals surface area contributed by atoms with Crippen molar-refractivity contribution in [2.75, 3.05) is 19.7 Å². The number of nitrogens with zero attached hydrogens (tertiary/aromatic N) is 2. The van der Waals surface area contributed by atoms with Gasteiger partial charge in [-0.15, -0.1) is 0 Å². The molecule has 2 atom stereocenters. The number of carbonyl (C=O) groups is 3. The molecule has 2 aromatic carbocycles. The van der Waals surface area contributed by atoms with Crippen molar-refractivity contribution in [3.05, 3.63) is 71.3 Å². The van der Waals surface area contributed by atoms with Crippen molar-refractivity contribution in [2.24, 2.45) is 0 Å². The monoisotopic (exact) mass is 504 g/mol. The average molecular weight is 505 g/mol. The Hall–Kier alpha value is -3.35. The van der Waals surface area contributed by atoms with E-state index in [1.54, 1.807) is 4.90 Å². The van der Waals surface area contributed by atoms with Crippen LogP contribution in [0, 0.1) is 0 Å². The first-order valence-electron chi connectivity index (χ1n) is 13.3. The molecular weight excluding hydrogens is 468 g/mol. The van der Waals surface area contributed by atoms with E-state index < -0.39 is 11.7 Å². The number of cyclic esters (lactones) is 1. The fourth-order valence-corrected chi connectivity index (χ4v) is 6.24. The number of fused-ring (bicyclic) bond motifs is 2. The molecule has 196 valence electrons. The molecule has 2 heterocycles. The second-order valence-electron chi connectivity index (χ2n) is 11.6. The maximum Gasteiger partial charge on any atom is 0.416 e. The average Bonchev–Trinajstić information content (AvgIpc) is 3.37. The maximum atomic E-state index is 13.5. The Morgan fingerprint density at radius 1 is 1.03 bits per heavy atom. The SMILES string of the molecule is CC(C)(C)OC(=O)N1CCC2(CC1)CC(CC(=O)N1C(=O)OCC1Cc1ccccc1)c1ccccc12. The highest BCUT2D eigenvalue weighted by atomic mass is 16.6. The van der Waals surface area contributed by atoms with Gasteiger partial charge in [-0.25, -0.2) is 14.5 Å². The number of piperidine rings is 1. The summed E-state index contributed by atoms with van der Waals surface area (Å²) in [5.41, 5.74) is 2.95. The lowest BCUT2D eigenvalue weighted by molar-refractivity contribution is -0.129. The van der Waals surface area contributed by atoms with E-state index in [4.69, 9.17) is 9.47 Å². The van der Waals surface area contributed by atoms with Crippen LogP contribution in [0.15, 0.2) is 54.6 Å². The van der Waals surface area contributed by atoms with Crippen LogP contribution in [-0.2, 0) is 26.1 Å². The Labute approximate surface area is 218 Å². The van der Waals surface area contributed by atoms with E-state index in [0.717, 1.165) is 24.8 Å². The quantitative estimate of drug-likeness (QED) is 0.556. The van der Waals surface area contributed by atoms with Gasteiger partial charge in [-0.2, -0.15) is 0 Å². The summed E-state index contributed by atoms with van der Waals surface area (Å²) in [6.45, 7) is 7.12. The predicted octanol–water partition coefficient (Wildman–Crippen LogP) is 5.42. The number of hydrogen-bond donors (Lipinski definition) is 0. The number of carbonyl (C=O) groups excluding carboxylic acids is 3. The zero-order chi connectivity index (χ0) is 26.2. The molecule has 2 fully saturated rings. The zero-order valence-electron chi connectivity index (χ0n) is 21.9. The summed E-state index contributed by atoms with van der Waals surface area (Å²) in [4.78, 5) is 41.8. The van der Waals surface area contributed by atoms with Gasteiger partial charge in [0, 0.05) is 19.5 Å². The second-order valence-corrected chi connectivity index (χ2v) is 11.6. The molecule has 7 heteroatoms. The number of imide groups is 1. The van der Waals surface area contributed by atoms with E-state index in [1.165, 1.54) is 16.0 Å². The van der Waals surface area contributed by atoms with Gasteiger partial charge < -0.3 is 14.4 Å². The third-order valence-corrected chi connectivity index (χ3v) is 7.95. The van der Waals surface area contributed by atoms with Crippen molar-refractivity contribution in [3.63, 3.8) is 0 Å². The van der Waals surface area contributed by atoms with E-state index in [2.05, 4.69) is 18.2 Å². The number of likely N-dealkylation sites (tertiary alicyclic amines) is 1. The standard InChI is InChI=1S/C30H36N2O5/c1-29(2,3)37-27(34)31-15-13-30(14-16-31)19-22(24-11-7-8-12-25(24)30)18-26(33)32-23(20-36-28(32)35)17-21-9-5-4-6-10-21/h4-12,22-23H,13-20H2,1-3H3. The minimum Gasteiger partial charge on any atom is -0.447 e. The highest BCUT2D eigenvalue weighted by Crippen LogP contribution is 2.53. The first-order chi connectivity index (χ1) is 17.7. The molecule has 3 aliphatic rings. The van der Waals surface area contributed by atoms with Gasteiger partial charge in [0.15, 0.2) is 0 Å². The van der Waals surface area contributed by atoms with Gasteiger partial charge >= 0.3 is 12.2 Å². The molecule has 0 N–H and O–H groups in total. The van der Waals surface area contributed by atoms with Crippen LogP contribution in [0.4, 0.5) is 9.59 Å². The molecule has 3 amide bonds. The molecule has 1 spiro atoms. The van der Waals surface area contributed by atoms with Crippen molar-refractivity contribution < 1.29 is 23.9 Å². The van der Waals surface area contributed by atoms with Crippen LogP contribution in [-0.4, -0.2) is 59.2 Å². The molecule has 2 saturated heterocycles. The molecule has 2 aromatic rings. The van der Waals surface area contributed by atoms with Gasteiger partial charge in [-0.05, 0) is 74.5 Å². The van der Waals surface area contributed by atoms with Crippen LogP contribution < -0.4 is 0 Å². The number of amides is 3. The summed E-state index contributed by atoms with van der Waals surface area (Å²) in [6.07, 6.45) is 2.55. The van der Waals surface area contributed by atoms with Crippen LogP contribution in [0.5, 0.6) is 0 Å². The lowest BCUT2D eigenvalue weighted by Gasteiger charge is -2.40.